The number of hydrogen-bond donors (Lipinski definition) is 0. The third-order valence-corrected chi connectivity index (χ3v) is 4.12. The average molecular weight is 324 g/mol. The minimum absolute atomic E-state index is 0.00175. The van der Waals surface area contributed by atoms with E-state index >= 15 is 0 Å². The van der Waals surface area contributed by atoms with Crippen molar-refractivity contribution in [2.45, 2.75) is 26.7 Å². The molecule has 3 rings (SSSR count). The van der Waals surface area contributed by atoms with E-state index < -0.39 is 0 Å². The molecule has 4 heteroatoms. The molecule has 24 heavy (non-hydrogen) atoms. The minimum atomic E-state index is 0.00175. The number of rotatable bonds is 2. The maximum Gasteiger partial charge on any atom is 0.159 e. The molecule has 0 saturated heterocycles. The van der Waals surface area contributed by atoms with Gasteiger partial charge in [-0.05, 0) is 51.0 Å². The Labute approximate surface area is 141 Å². The second-order valence-corrected chi connectivity index (χ2v) is 5.94. The van der Waals surface area contributed by atoms with E-state index in [0.717, 1.165) is 24.0 Å². The molecule has 0 aromatic heterocycles. The molecule has 0 bridgehead atoms. The van der Waals surface area contributed by atoms with Gasteiger partial charge in [0.05, 0.1) is 13.2 Å². The highest BCUT2D eigenvalue weighted by Crippen LogP contribution is 2.38. The molecule has 1 heterocycles. The van der Waals surface area contributed by atoms with Crippen molar-refractivity contribution >= 4 is 11.6 Å². The summed E-state index contributed by atoms with van der Waals surface area (Å²) in [7, 11) is 0. The summed E-state index contributed by atoms with van der Waals surface area (Å²) in [6.45, 7) is 4.24. The summed E-state index contributed by atoms with van der Waals surface area (Å²) >= 11 is 0. The van der Waals surface area contributed by atoms with Crippen LogP contribution in [-0.4, -0.2) is 24.8 Å². The van der Waals surface area contributed by atoms with Crippen LogP contribution in [0.2, 0.25) is 0 Å². The summed E-state index contributed by atoms with van der Waals surface area (Å²) in [5.74, 6) is 1.35. The van der Waals surface area contributed by atoms with Crippen LogP contribution in [-0.2, 0) is 0 Å². The fourth-order valence-corrected chi connectivity index (χ4v) is 2.73. The SMILES string of the molecule is CC(=O)c1ccc2c(c1)OCCCCOc1cc(C(C)=O)ccc1-2. The monoisotopic (exact) mass is 324 g/mol. The predicted molar refractivity (Wildman–Crippen MR) is 92.1 cm³/mol. The van der Waals surface area contributed by atoms with Crippen LogP contribution in [0.15, 0.2) is 36.4 Å². The van der Waals surface area contributed by atoms with E-state index in [0.29, 0.717) is 35.8 Å². The lowest BCUT2D eigenvalue weighted by atomic mass is 9.98. The quantitative estimate of drug-likeness (QED) is 0.772. The van der Waals surface area contributed by atoms with E-state index in [4.69, 9.17) is 9.47 Å². The van der Waals surface area contributed by atoms with Crippen LogP contribution >= 0.6 is 0 Å². The smallest absolute Gasteiger partial charge is 0.159 e. The Morgan fingerprint density at radius 1 is 0.750 bits per heavy atom. The Kier molecular flexibility index (Phi) is 4.65. The van der Waals surface area contributed by atoms with Crippen molar-refractivity contribution in [1.82, 2.24) is 0 Å². The third-order valence-electron chi connectivity index (χ3n) is 4.12. The molecule has 0 aliphatic carbocycles. The van der Waals surface area contributed by atoms with E-state index in [-0.39, 0.29) is 11.6 Å². The van der Waals surface area contributed by atoms with Gasteiger partial charge in [0.15, 0.2) is 11.6 Å². The van der Waals surface area contributed by atoms with Crippen molar-refractivity contribution in [2.24, 2.45) is 0 Å². The Balaban J connectivity index is 2.15. The molecule has 0 N–H and O–H groups in total. The van der Waals surface area contributed by atoms with Gasteiger partial charge in [0.25, 0.3) is 0 Å². The van der Waals surface area contributed by atoms with Gasteiger partial charge in [-0.15, -0.1) is 0 Å². The second-order valence-electron chi connectivity index (χ2n) is 5.94. The Bertz CT molecular complexity index is 725. The van der Waals surface area contributed by atoms with Crippen molar-refractivity contribution in [2.75, 3.05) is 13.2 Å². The molecule has 0 saturated carbocycles. The van der Waals surface area contributed by atoms with Crippen LogP contribution in [0.25, 0.3) is 11.1 Å². The standard InChI is InChI=1S/C20H20O4/c1-13(21)15-5-7-17-18-8-6-16(14(2)22)12-20(18)24-10-4-3-9-23-19(17)11-15/h5-8,11-12H,3-4,9-10H2,1-2H3. The van der Waals surface area contributed by atoms with Gasteiger partial charge >= 0.3 is 0 Å². The van der Waals surface area contributed by atoms with Crippen LogP contribution in [0.3, 0.4) is 0 Å². The third kappa shape index (κ3) is 3.32. The van der Waals surface area contributed by atoms with Gasteiger partial charge < -0.3 is 9.47 Å². The van der Waals surface area contributed by atoms with Gasteiger partial charge in [-0.1, -0.05) is 12.1 Å². The molecule has 2 aromatic rings. The second kappa shape index (κ2) is 6.87. The zero-order valence-electron chi connectivity index (χ0n) is 13.9. The van der Waals surface area contributed by atoms with Crippen molar-refractivity contribution in [1.29, 1.82) is 0 Å². The zero-order valence-corrected chi connectivity index (χ0v) is 13.9. The number of ether oxygens (including phenoxy) is 2. The van der Waals surface area contributed by atoms with E-state index in [1.54, 1.807) is 24.3 Å². The summed E-state index contributed by atoms with van der Waals surface area (Å²) in [4.78, 5) is 23.3. The predicted octanol–water partition coefficient (Wildman–Crippen LogP) is 4.31. The van der Waals surface area contributed by atoms with Crippen molar-refractivity contribution in [3.8, 4) is 22.6 Å². The molecule has 1 aliphatic rings. The first-order chi connectivity index (χ1) is 11.6. The molecule has 0 fully saturated rings. The van der Waals surface area contributed by atoms with Crippen LogP contribution < -0.4 is 9.47 Å². The Morgan fingerprint density at radius 2 is 1.17 bits per heavy atom. The number of hydrogen-bond acceptors (Lipinski definition) is 4. The van der Waals surface area contributed by atoms with Gasteiger partial charge in [0.2, 0.25) is 0 Å². The lowest BCUT2D eigenvalue weighted by Gasteiger charge is -2.19. The summed E-state index contributed by atoms with van der Waals surface area (Å²) in [6, 6.07) is 10.9. The van der Waals surface area contributed by atoms with Crippen molar-refractivity contribution < 1.29 is 19.1 Å². The zero-order chi connectivity index (χ0) is 17.1. The molecule has 2 aromatic carbocycles. The van der Waals surface area contributed by atoms with Crippen molar-refractivity contribution in [3.05, 3.63) is 47.5 Å². The Hall–Kier alpha value is -2.62. The fourth-order valence-electron chi connectivity index (χ4n) is 2.73. The highest BCUT2D eigenvalue weighted by Gasteiger charge is 2.16. The van der Waals surface area contributed by atoms with Gasteiger partial charge in [0, 0.05) is 22.3 Å². The highest BCUT2D eigenvalue weighted by molar-refractivity contribution is 5.97. The molecule has 4 nitrogen and oxygen atoms in total. The van der Waals surface area contributed by atoms with Crippen LogP contribution in [0.5, 0.6) is 11.5 Å². The summed E-state index contributed by atoms with van der Waals surface area (Å²) in [5, 5.41) is 0. The van der Waals surface area contributed by atoms with Gasteiger partial charge in [-0.25, -0.2) is 0 Å². The number of carbonyl (C=O) groups is 2. The molecule has 0 amide bonds. The maximum atomic E-state index is 11.7. The van der Waals surface area contributed by atoms with Crippen molar-refractivity contribution in [3.63, 3.8) is 0 Å². The van der Waals surface area contributed by atoms with Gasteiger partial charge in [-0.3, -0.25) is 9.59 Å². The summed E-state index contributed by atoms with van der Waals surface area (Å²) in [5.41, 5.74) is 2.97. The van der Waals surface area contributed by atoms with Gasteiger partial charge in [0.1, 0.15) is 11.5 Å². The Morgan fingerprint density at radius 3 is 1.54 bits per heavy atom. The minimum Gasteiger partial charge on any atom is -0.493 e. The van der Waals surface area contributed by atoms with E-state index in [1.165, 1.54) is 13.8 Å². The maximum absolute atomic E-state index is 11.7. The molecule has 124 valence electrons. The fraction of sp³-hybridized carbons (Fsp3) is 0.300. The molecular formula is C20H20O4. The molecular weight excluding hydrogens is 304 g/mol. The topological polar surface area (TPSA) is 52.6 Å². The van der Waals surface area contributed by atoms with E-state index in [1.807, 2.05) is 12.1 Å². The van der Waals surface area contributed by atoms with Crippen LogP contribution in [0.1, 0.15) is 47.4 Å². The summed E-state index contributed by atoms with van der Waals surface area (Å²) in [6.07, 6.45) is 1.73. The number of carbonyl (C=O) groups excluding carboxylic acids is 2. The lowest BCUT2D eigenvalue weighted by molar-refractivity contribution is 0.100. The first-order valence-corrected chi connectivity index (χ1v) is 8.12. The molecule has 1 aliphatic heterocycles. The molecule has 0 radical (unpaired) electrons. The number of benzene rings is 2. The first-order valence-electron chi connectivity index (χ1n) is 8.12. The summed E-state index contributed by atoms with van der Waals surface area (Å²) < 4.78 is 11.8. The number of ketones is 2. The lowest BCUT2D eigenvalue weighted by Crippen LogP contribution is -2.08. The molecule has 0 unspecified atom stereocenters. The van der Waals surface area contributed by atoms with E-state index in [2.05, 4.69) is 0 Å². The number of Topliss-reactive ketones (excluding diaryl/α,β-unsaturated/α-hetero) is 2. The van der Waals surface area contributed by atoms with E-state index in [9.17, 15) is 9.59 Å². The molecule has 0 atom stereocenters. The highest BCUT2D eigenvalue weighted by atomic mass is 16.5. The normalized spacial score (nSPS) is 13.8. The van der Waals surface area contributed by atoms with Gasteiger partial charge in [-0.2, -0.15) is 0 Å². The van der Waals surface area contributed by atoms with Crippen LogP contribution in [0, 0.1) is 0 Å². The number of fused-ring (bicyclic) bond motifs is 3. The average Bonchev–Trinajstić information content (AvgIpc) is 2.57. The molecule has 0 spiro atoms. The largest absolute Gasteiger partial charge is 0.493 e. The first kappa shape index (κ1) is 16.2. The van der Waals surface area contributed by atoms with Crippen LogP contribution in [0.4, 0.5) is 0 Å².